The maximum absolute atomic E-state index is 12.4. The number of ketones is 1. The first-order chi connectivity index (χ1) is 8.44. The van der Waals surface area contributed by atoms with Crippen molar-refractivity contribution in [2.24, 2.45) is 5.92 Å². The van der Waals surface area contributed by atoms with Gasteiger partial charge in [0.05, 0.1) is 5.54 Å². The number of hydrogen-bond acceptors (Lipinski definition) is 2. The second-order valence-electron chi connectivity index (χ2n) is 6.67. The van der Waals surface area contributed by atoms with E-state index in [1.54, 1.807) is 0 Å². The predicted molar refractivity (Wildman–Crippen MR) is 77.8 cm³/mol. The molecule has 1 fully saturated rings. The Hall–Kier alpha value is -0.370. The lowest BCUT2D eigenvalue weighted by atomic mass is 9.91. The van der Waals surface area contributed by atoms with Crippen molar-refractivity contribution in [1.29, 1.82) is 0 Å². The highest BCUT2D eigenvalue weighted by Gasteiger charge is 2.33. The van der Waals surface area contributed by atoms with Gasteiger partial charge in [0.25, 0.3) is 0 Å². The van der Waals surface area contributed by atoms with Crippen LogP contribution < -0.4 is 0 Å². The van der Waals surface area contributed by atoms with Crippen LogP contribution in [0.25, 0.3) is 0 Å². The van der Waals surface area contributed by atoms with E-state index in [0.717, 1.165) is 25.9 Å². The van der Waals surface area contributed by atoms with Gasteiger partial charge in [-0.1, -0.05) is 33.1 Å². The number of carbonyl (C=O) groups excluding carboxylic acids is 1. The van der Waals surface area contributed by atoms with Gasteiger partial charge in [-0.25, -0.2) is 0 Å². The largest absolute Gasteiger partial charge is 0.298 e. The van der Waals surface area contributed by atoms with Crippen LogP contribution in [0.5, 0.6) is 0 Å². The van der Waals surface area contributed by atoms with Gasteiger partial charge >= 0.3 is 0 Å². The smallest absolute Gasteiger partial charge is 0.152 e. The molecule has 0 aromatic heterocycles. The van der Waals surface area contributed by atoms with E-state index in [-0.39, 0.29) is 5.54 Å². The molecule has 2 nitrogen and oxygen atoms in total. The first-order valence-corrected chi connectivity index (χ1v) is 7.73. The molecule has 1 aliphatic heterocycles. The third-order valence-corrected chi connectivity index (χ3v) is 4.26. The van der Waals surface area contributed by atoms with Crippen molar-refractivity contribution in [1.82, 2.24) is 4.90 Å². The summed E-state index contributed by atoms with van der Waals surface area (Å²) in [5.74, 6) is 1.14. The minimum absolute atomic E-state index is 0.249. The van der Waals surface area contributed by atoms with E-state index >= 15 is 0 Å². The van der Waals surface area contributed by atoms with Crippen LogP contribution in [0.15, 0.2) is 0 Å². The number of likely N-dealkylation sites (tertiary alicyclic amines) is 1. The van der Waals surface area contributed by atoms with Gasteiger partial charge < -0.3 is 0 Å². The van der Waals surface area contributed by atoms with Crippen LogP contribution in [-0.2, 0) is 4.79 Å². The summed E-state index contributed by atoms with van der Waals surface area (Å²) in [4.78, 5) is 14.8. The van der Waals surface area contributed by atoms with Crippen molar-refractivity contribution in [3.8, 4) is 0 Å². The topological polar surface area (TPSA) is 20.3 Å². The highest BCUT2D eigenvalue weighted by atomic mass is 16.1. The molecule has 0 bridgehead atoms. The van der Waals surface area contributed by atoms with Crippen LogP contribution in [0.3, 0.4) is 0 Å². The third kappa shape index (κ3) is 4.72. The van der Waals surface area contributed by atoms with Crippen LogP contribution in [0, 0.1) is 5.92 Å². The summed E-state index contributed by atoms with van der Waals surface area (Å²) in [6.07, 6.45) is 8.13. The lowest BCUT2D eigenvalue weighted by Crippen LogP contribution is -2.50. The Balaban J connectivity index is 2.46. The summed E-state index contributed by atoms with van der Waals surface area (Å²) in [5.41, 5.74) is -0.249. The van der Waals surface area contributed by atoms with Crippen molar-refractivity contribution in [2.75, 3.05) is 13.1 Å². The van der Waals surface area contributed by atoms with E-state index in [2.05, 4.69) is 32.6 Å². The summed E-state index contributed by atoms with van der Waals surface area (Å²) in [7, 11) is 0. The molecule has 1 aliphatic rings. The van der Waals surface area contributed by atoms with Crippen molar-refractivity contribution < 1.29 is 4.79 Å². The molecule has 106 valence electrons. The SMILES string of the molecule is CC(C)CCCC(=O)C(C)(C)N1CCCCCC1. The fraction of sp³-hybridized carbons (Fsp3) is 0.938. The summed E-state index contributed by atoms with van der Waals surface area (Å²) < 4.78 is 0. The summed E-state index contributed by atoms with van der Waals surface area (Å²) in [6, 6.07) is 0. The number of nitrogens with zero attached hydrogens (tertiary/aromatic N) is 1. The first kappa shape index (κ1) is 15.7. The molecule has 0 spiro atoms. The molecular weight excluding hydrogens is 222 g/mol. The van der Waals surface area contributed by atoms with Crippen molar-refractivity contribution in [3.63, 3.8) is 0 Å². The van der Waals surface area contributed by atoms with Gasteiger partial charge in [0, 0.05) is 6.42 Å². The molecule has 0 amide bonds. The fourth-order valence-electron chi connectivity index (χ4n) is 2.78. The zero-order valence-electron chi connectivity index (χ0n) is 12.8. The van der Waals surface area contributed by atoms with Crippen LogP contribution in [0.4, 0.5) is 0 Å². The molecule has 0 radical (unpaired) electrons. The van der Waals surface area contributed by atoms with Crippen molar-refractivity contribution in [3.05, 3.63) is 0 Å². The number of rotatable bonds is 6. The maximum atomic E-state index is 12.4. The maximum Gasteiger partial charge on any atom is 0.152 e. The molecule has 0 atom stereocenters. The first-order valence-electron chi connectivity index (χ1n) is 7.73. The van der Waals surface area contributed by atoms with Gasteiger partial charge in [0.2, 0.25) is 0 Å². The van der Waals surface area contributed by atoms with E-state index in [1.807, 2.05) is 0 Å². The predicted octanol–water partition coefficient (Wildman–Crippen LogP) is 4.04. The van der Waals surface area contributed by atoms with Gasteiger partial charge in [-0.15, -0.1) is 0 Å². The highest BCUT2D eigenvalue weighted by Crippen LogP contribution is 2.23. The lowest BCUT2D eigenvalue weighted by Gasteiger charge is -2.36. The van der Waals surface area contributed by atoms with Crippen molar-refractivity contribution >= 4 is 5.78 Å². The molecule has 0 N–H and O–H groups in total. The molecule has 1 heterocycles. The zero-order valence-corrected chi connectivity index (χ0v) is 12.8. The second-order valence-corrected chi connectivity index (χ2v) is 6.67. The summed E-state index contributed by atoms with van der Waals surface area (Å²) >= 11 is 0. The Morgan fingerprint density at radius 2 is 1.67 bits per heavy atom. The molecule has 0 aliphatic carbocycles. The molecule has 0 saturated carbocycles. The Morgan fingerprint density at radius 3 is 2.17 bits per heavy atom. The highest BCUT2D eigenvalue weighted by molar-refractivity contribution is 5.87. The standard InChI is InChI=1S/C16H31NO/c1-14(2)10-9-11-15(18)16(3,4)17-12-7-5-6-8-13-17/h14H,5-13H2,1-4H3. The lowest BCUT2D eigenvalue weighted by molar-refractivity contribution is -0.129. The van der Waals surface area contributed by atoms with E-state index in [1.165, 1.54) is 32.1 Å². The second kappa shape index (κ2) is 7.28. The van der Waals surface area contributed by atoms with Gasteiger partial charge in [-0.3, -0.25) is 9.69 Å². The Morgan fingerprint density at radius 1 is 1.11 bits per heavy atom. The van der Waals surface area contributed by atoms with Gasteiger partial charge in [0.1, 0.15) is 0 Å². The molecule has 0 aromatic rings. The Labute approximate surface area is 113 Å². The van der Waals surface area contributed by atoms with E-state index in [4.69, 9.17) is 0 Å². The van der Waals surface area contributed by atoms with E-state index in [9.17, 15) is 4.79 Å². The van der Waals surface area contributed by atoms with Gasteiger partial charge in [-0.05, 0) is 52.1 Å². The molecule has 0 aromatic carbocycles. The number of hydrogen-bond donors (Lipinski definition) is 0. The van der Waals surface area contributed by atoms with E-state index in [0.29, 0.717) is 11.7 Å². The average molecular weight is 253 g/mol. The minimum atomic E-state index is -0.249. The van der Waals surface area contributed by atoms with Crippen LogP contribution in [0.2, 0.25) is 0 Å². The quantitative estimate of drug-likeness (QED) is 0.712. The van der Waals surface area contributed by atoms with Crippen LogP contribution in [0.1, 0.15) is 72.6 Å². The van der Waals surface area contributed by atoms with Crippen LogP contribution in [-0.4, -0.2) is 29.3 Å². The zero-order chi connectivity index (χ0) is 13.6. The third-order valence-electron chi connectivity index (χ3n) is 4.26. The van der Waals surface area contributed by atoms with E-state index < -0.39 is 0 Å². The monoisotopic (exact) mass is 253 g/mol. The van der Waals surface area contributed by atoms with Crippen LogP contribution >= 0.6 is 0 Å². The molecular formula is C16H31NO. The molecule has 0 unspecified atom stereocenters. The van der Waals surface area contributed by atoms with Gasteiger partial charge in [0.15, 0.2) is 5.78 Å². The minimum Gasteiger partial charge on any atom is -0.298 e. The number of carbonyl (C=O) groups is 1. The Bertz CT molecular complexity index is 250. The summed E-state index contributed by atoms with van der Waals surface area (Å²) in [5, 5.41) is 0. The molecule has 2 heteroatoms. The fourth-order valence-corrected chi connectivity index (χ4v) is 2.78. The Kier molecular flexibility index (Phi) is 6.34. The average Bonchev–Trinajstić information content (AvgIpc) is 2.57. The normalized spacial score (nSPS) is 18.9. The van der Waals surface area contributed by atoms with Crippen molar-refractivity contribution in [2.45, 2.75) is 78.2 Å². The molecule has 1 rings (SSSR count). The number of Topliss-reactive ketones (excluding diaryl/α,β-unsaturated/α-hetero) is 1. The molecule has 18 heavy (non-hydrogen) atoms. The molecule has 1 saturated heterocycles. The summed E-state index contributed by atoms with van der Waals surface area (Å²) in [6.45, 7) is 10.9. The van der Waals surface area contributed by atoms with Gasteiger partial charge in [-0.2, -0.15) is 0 Å².